The number of aromatic nitrogens is 2. The minimum Gasteiger partial charge on any atom is -0.379 e. The largest absolute Gasteiger partial charge is 0.379 e. The number of carbonyl (C=O) groups is 1. The summed E-state index contributed by atoms with van der Waals surface area (Å²) in [7, 11) is 0. The number of hydrogen-bond acceptors (Lipinski definition) is 4. The third-order valence-electron chi connectivity index (χ3n) is 3.36. The maximum absolute atomic E-state index is 12.5. The van der Waals surface area contributed by atoms with Gasteiger partial charge in [0.05, 0.1) is 5.69 Å². The minimum absolute atomic E-state index is 0.282. The Hall–Kier alpha value is -2.92. The van der Waals surface area contributed by atoms with Crippen LogP contribution in [0.15, 0.2) is 67.1 Å². The fourth-order valence-electron chi connectivity index (χ4n) is 2.15. The molecule has 0 atom stereocenters. The van der Waals surface area contributed by atoms with Gasteiger partial charge in [-0.05, 0) is 54.1 Å². The van der Waals surface area contributed by atoms with E-state index in [-0.39, 0.29) is 5.91 Å². The Labute approximate surface area is 144 Å². The van der Waals surface area contributed by atoms with Crippen molar-refractivity contribution in [2.45, 2.75) is 6.54 Å². The predicted octanol–water partition coefficient (Wildman–Crippen LogP) is 3.99. The van der Waals surface area contributed by atoms with Gasteiger partial charge in [0, 0.05) is 35.8 Å². The Balaban J connectivity index is 1.73. The smallest absolute Gasteiger partial charge is 0.276 e. The van der Waals surface area contributed by atoms with Gasteiger partial charge >= 0.3 is 0 Å². The Morgan fingerprint density at radius 1 is 1.00 bits per heavy atom. The third-order valence-corrected chi connectivity index (χ3v) is 3.61. The molecule has 0 aliphatic heterocycles. The lowest BCUT2D eigenvalue weighted by atomic mass is 10.2. The van der Waals surface area contributed by atoms with Gasteiger partial charge in [0.25, 0.3) is 5.91 Å². The Morgan fingerprint density at radius 2 is 1.75 bits per heavy atom. The molecule has 24 heavy (non-hydrogen) atoms. The Bertz CT molecular complexity index is 822. The van der Waals surface area contributed by atoms with Gasteiger partial charge in [-0.15, -0.1) is 0 Å². The molecule has 0 bridgehead atoms. The summed E-state index contributed by atoms with van der Waals surface area (Å²) < 4.78 is 0. The van der Waals surface area contributed by atoms with Crippen molar-refractivity contribution in [3.05, 3.63) is 83.4 Å². The van der Waals surface area contributed by atoms with E-state index in [0.29, 0.717) is 28.6 Å². The number of halogens is 1. The second-order valence-electron chi connectivity index (χ2n) is 5.07. The molecule has 2 heterocycles. The van der Waals surface area contributed by atoms with Gasteiger partial charge in [-0.25, -0.2) is 4.98 Å². The normalized spacial score (nSPS) is 10.2. The quantitative estimate of drug-likeness (QED) is 0.738. The summed E-state index contributed by atoms with van der Waals surface area (Å²) in [6.07, 6.45) is 5.05. The van der Waals surface area contributed by atoms with Crippen molar-refractivity contribution < 1.29 is 4.79 Å². The molecule has 2 N–H and O–H groups in total. The van der Waals surface area contributed by atoms with Crippen molar-refractivity contribution in [3.63, 3.8) is 0 Å². The standard InChI is InChI=1S/C18H15ClN4O/c19-14-3-5-15(6-4-14)23-18(24)17-16(2-1-9-21-17)22-12-13-7-10-20-11-8-13/h1-11,22H,12H2,(H,23,24). The van der Waals surface area contributed by atoms with E-state index in [1.54, 1.807) is 48.9 Å². The topological polar surface area (TPSA) is 66.9 Å². The number of amides is 1. The first-order chi connectivity index (χ1) is 11.7. The molecule has 0 saturated heterocycles. The molecule has 6 heteroatoms. The molecular weight excluding hydrogens is 324 g/mol. The van der Waals surface area contributed by atoms with Crippen molar-refractivity contribution in [2.24, 2.45) is 0 Å². The lowest BCUT2D eigenvalue weighted by Crippen LogP contribution is -2.16. The number of carbonyl (C=O) groups excluding carboxylic acids is 1. The monoisotopic (exact) mass is 338 g/mol. The summed E-state index contributed by atoms with van der Waals surface area (Å²) in [4.78, 5) is 20.7. The predicted molar refractivity (Wildman–Crippen MR) is 95.2 cm³/mol. The highest BCUT2D eigenvalue weighted by Gasteiger charge is 2.13. The van der Waals surface area contributed by atoms with E-state index in [1.807, 2.05) is 18.2 Å². The molecule has 0 aliphatic rings. The van der Waals surface area contributed by atoms with E-state index in [9.17, 15) is 4.79 Å². The maximum Gasteiger partial charge on any atom is 0.276 e. The third kappa shape index (κ3) is 4.08. The number of rotatable bonds is 5. The summed E-state index contributed by atoms with van der Waals surface area (Å²) in [5, 5.41) is 6.66. The number of nitrogens with one attached hydrogen (secondary N) is 2. The molecular formula is C18H15ClN4O. The highest BCUT2D eigenvalue weighted by molar-refractivity contribution is 6.30. The van der Waals surface area contributed by atoms with Crippen LogP contribution in [0.3, 0.4) is 0 Å². The SMILES string of the molecule is O=C(Nc1ccc(Cl)cc1)c1ncccc1NCc1ccncc1. The summed E-state index contributed by atoms with van der Waals surface area (Å²) in [5.74, 6) is -0.282. The van der Waals surface area contributed by atoms with Crippen LogP contribution in [0.25, 0.3) is 0 Å². The van der Waals surface area contributed by atoms with Crippen molar-refractivity contribution in [1.29, 1.82) is 0 Å². The molecule has 2 aromatic heterocycles. The first-order valence-electron chi connectivity index (χ1n) is 7.37. The fraction of sp³-hybridized carbons (Fsp3) is 0.0556. The van der Waals surface area contributed by atoms with Gasteiger partial charge in [0.15, 0.2) is 5.69 Å². The van der Waals surface area contributed by atoms with Crippen LogP contribution in [0.2, 0.25) is 5.02 Å². The molecule has 0 unspecified atom stereocenters. The fourth-order valence-corrected chi connectivity index (χ4v) is 2.28. The molecule has 0 radical (unpaired) electrons. The molecule has 3 rings (SSSR count). The summed E-state index contributed by atoms with van der Waals surface area (Å²) in [6, 6.07) is 14.4. The Morgan fingerprint density at radius 3 is 2.50 bits per heavy atom. The van der Waals surface area contributed by atoms with E-state index >= 15 is 0 Å². The second-order valence-corrected chi connectivity index (χ2v) is 5.51. The lowest BCUT2D eigenvalue weighted by molar-refractivity contribution is 0.102. The highest BCUT2D eigenvalue weighted by atomic mass is 35.5. The molecule has 3 aromatic rings. The van der Waals surface area contributed by atoms with E-state index in [1.165, 1.54) is 0 Å². The van der Waals surface area contributed by atoms with E-state index in [4.69, 9.17) is 11.6 Å². The van der Waals surface area contributed by atoms with Gasteiger partial charge < -0.3 is 10.6 Å². The number of nitrogens with zero attached hydrogens (tertiary/aromatic N) is 2. The molecule has 5 nitrogen and oxygen atoms in total. The molecule has 0 aliphatic carbocycles. The van der Waals surface area contributed by atoms with Crippen LogP contribution < -0.4 is 10.6 Å². The van der Waals surface area contributed by atoms with Crippen LogP contribution in [0.5, 0.6) is 0 Å². The number of hydrogen-bond donors (Lipinski definition) is 2. The van der Waals surface area contributed by atoms with Crippen LogP contribution in [0, 0.1) is 0 Å². The lowest BCUT2D eigenvalue weighted by Gasteiger charge is -2.11. The summed E-state index contributed by atoms with van der Waals surface area (Å²) >= 11 is 5.85. The second kappa shape index (κ2) is 7.57. The maximum atomic E-state index is 12.5. The van der Waals surface area contributed by atoms with E-state index in [2.05, 4.69) is 20.6 Å². The summed E-state index contributed by atoms with van der Waals surface area (Å²) in [5.41, 5.74) is 2.73. The molecule has 120 valence electrons. The van der Waals surface area contributed by atoms with E-state index < -0.39 is 0 Å². The first kappa shape index (κ1) is 16.0. The molecule has 1 amide bonds. The van der Waals surface area contributed by atoms with Gasteiger partial charge in [-0.1, -0.05) is 11.6 Å². The zero-order valence-electron chi connectivity index (χ0n) is 12.7. The molecule has 0 saturated carbocycles. The molecule has 0 fully saturated rings. The average molecular weight is 339 g/mol. The van der Waals surface area contributed by atoms with Crippen molar-refractivity contribution in [3.8, 4) is 0 Å². The van der Waals surface area contributed by atoms with Crippen molar-refractivity contribution in [2.75, 3.05) is 10.6 Å². The highest BCUT2D eigenvalue weighted by Crippen LogP contribution is 2.18. The summed E-state index contributed by atoms with van der Waals surface area (Å²) in [6.45, 7) is 0.579. The van der Waals surface area contributed by atoms with Crippen molar-refractivity contribution >= 4 is 28.9 Å². The van der Waals surface area contributed by atoms with Gasteiger partial charge in [-0.2, -0.15) is 0 Å². The van der Waals surface area contributed by atoms with E-state index in [0.717, 1.165) is 5.56 Å². The van der Waals surface area contributed by atoms with Crippen LogP contribution in [0.1, 0.15) is 16.1 Å². The van der Waals surface area contributed by atoms with Gasteiger partial charge in [0.1, 0.15) is 0 Å². The molecule has 0 spiro atoms. The van der Waals surface area contributed by atoms with Crippen LogP contribution >= 0.6 is 11.6 Å². The minimum atomic E-state index is -0.282. The number of benzene rings is 1. The average Bonchev–Trinajstić information content (AvgIpc) is 2.63. The Kier molecular flexibility index (Phi) is 5.03. The first-order valence-corrected chi connectivity index (χ1v) is 7.75. The van der Waals surface area contributed by atoms with Crippen LogP contribution in [-0.2, 0) is 6.54 Å². The molecule has 1 aromatic carbocycles. The van der Waals surface area contributed by atoms with Gasteiger partial charge in [0.2, 0.25) is 0 Å². The zero-order valence-corrected chi connectivity index (χ0v) is 13.5. The zero-order chi connectivity index (χ0) is 16.8. The van der Waals surface area contributed by atoms with Crippen LogP contribution in [0.4, 0.5) is 11.4 Å². The van der Waals surface area contributed by atoms with Crippen molar-refractivity contribution in [1.82, 2.24) is 9.97 Å². The number of pyridine rings is 2. The van der Waals surface area contributed by atoms with Crippen LogP contribution in [-0.4, -0.2) is 15.9 Å². The number of anilines is 2. The van der Waals surface area contributed by atoms with Gasteiger partial charge in [-0.3, -0.25) is 9.78 Å².